The molecule has 30 heavy (non-hydrogen) atoms. The summed E-state index contributed by atoms with van der Waals surface area (Å²) in [5.41, 5.74) is 5.93. The molecule has 4 aromatic rings. The molecule has 2 aromatic heterocycles. The lowest BCUT2D eigenvalue weighted by Crippen LogP contribution is -2.14. The van der Waals surface area contributed by atoms with Crippen LogP contribution >= 0.6 is 0 Å². The standard InChI is InChI=1S/C24H24N4O2/c1-14(2)24-27-19-12-17(10-11-21(19)30-24)26-23(29)18-13-25-28(22(18)16-8-9-16)20-7-5-4-6-15(20)3/h4-7,10-14,16H,8-9H2,1-3H3,(H,26,29). The van der Waals surface area contributed by atoms with Crippen LogP contribution in [0.25, 0.3) is 16.8 Å². The van der Waals surface area contributed by atoms with Gasteiger partial charge in [0.1, 0.15) is 5.52 Å². The minimum atomic E-state index is -0.149. The molecule has 0 spiro atoms. The summed E-state index contributed by atoms with van der Waals surface area (Å²) in [6, 6.07) is 13.7. The second kappa shape index (κ2) is 7.13. The topological polar surface area (TPSA) is 73.0 Å². The lowest BCUT2D eigenvalue weighted by Gasteiger charge is -2.11. The number of amides is 1. The van der Waals surface area contributed by atoms with E-state index in [1.165, 1.54) is 0 Å². The molecule has 1 N–H and O–H groups in total. The van der Waals surface area contributed by atoms with Crippen LogP contribution in [0, 0.1) is 6.92 Å². The van der Waals surface area contributed by atoms with Gasteiger partial charge < -0.3 is 9.73 Å². The number of hydrogen-bond donors (Lipinski definition) is 1. The molecular formula is C24H24N4O2. The molecule has 1 amide bonds. The Morgan fingerprint density at radius 3 is 2.73 bits per heavy atom. The number of hydrogen-bond acceptors (Lipinski definition) is 4. The highest BCUT2D eigenvalue weighted by atomic mass is 16.3. The van der Waals surface area contributed by atoms with Gasteiger partial charge in [0.15, 0.2) is 11.5 Å². The Hall–Kier alpha value is -3.41. The maximum Gasteiger partial charge on any atom is 0.259 e. The van der Waals surface area contributed by atoms with E-state index in [0.717, 1.165) is 40.9 Å². The maximum atomic E-state index is 13.1. The largest absolute Gasteiger partial charge is 0.440 e. The molecule has 0 aliphatic heterocycles. The molecule has 152 valence electrons. The van der Waals surface area contributed by atoms with Crippen molar-refractivity contribution in [2.24, 2.45) is 0 Å². The Balaban J connectivity index is 1.47. The first-order valence-electron chi connectivity index (χ1n) is 10.4. The van der Waals surface area contributed by atoms with E-state index < -0.39 is 0 Å². The average molecular weight is 400 g/mol. The van der Waals surface area contributed by atoms with E-state index >= 15 is 0 Å². The summed E-state index contributed by atoms with van der Waals surface area (Å²) in [5, 5.41) is 7.59. The molecule has 1 fully saturated rings. The lowest BCUT2D eigenvalue weighted by molar-refractivity contribution is 0.102. The van der Waals surface area contributed by atoms with Crippen LogP contribution < -0.4 is 5.32 Å². The third-order valence-corrected chi connectivity index (χ3v) is 5.51. The number of oxazole rings is 1. The van der Waals surface area contributed by atoms with E-state index in [4.69, 9.17) is 4.42 Å². The van der Waals surface area contributed by atoms with Gasteiger partial charge in [0.25, 0.3) is 5.91 Å². The minimum absolute atomic E-state index is 0.149. The zero-order valence-corrected chi connectivity index (χ0v) is 17.3. The molecule has 0 radical (unpaired) electrons. The first-order chi connectivity index (χ1) is 14.5. The van der Waals surface area contributed by atoms with Crippen LogP contribution in [0.1, 0.15) is 66.0 Å². The Morgan fingerprint density at radius 2 is 2.00 bits per heavy atom. The van der Waals surface area contributed by atoms with Crippen molar-refractivity contribution >= 4 is 22.7 Å². The molecule has 1 aliphatic carbocycles. The summed E-state index contributed by atoms with van der Waals surface area (Å²) < 4.78 is 7.69. The van der Waals surface area contributed by atoms with Crippen molar-refractivity contribution in [1.29, 1.82) is 0 Å². The van der Waals surface area contributed by atoms with Crippen molar-refractivity contribution in [3.63, 3.8) is 0 Å². The third kappa shape index (κ3) is 3.28. The molecule has 0 bridgehead atoms. The average Bonchev–Trinajstić information content (AvgIpc) is 3.31. The number of nitrogens with zero attached hydrogens (tertiary/aromatic N) is 3. The van der Waals surface area contributed by atoms with Crippen LogP contribution in [0.15, 0.2) is 53.1 Å². The van der Waals surface area contributed by atoms with Crippen molar-refractivity contribution in [2.75, 3.05) is 5.32 Å². The number of benzene rings is 2. The molecule has 6 nitrogen and oxygen atoms in total. The van der Waals surface area contributed by atoms with E-state index in [1.54, 1.807) is 6.20 Å². The van der Waals surface area contributed by atoms with Crippen molar-refractivity contribution in [1.82, 2.24) is 14.8 Å². The predicted molar refractivity (Wildman–Crippen MR) is 116 cm³/mol. The molecule has 0 unspecified atom stereocenters. The molecule has 0 saturated heterocycles. The second-order valence-electron chi connectivity index (χ2n) is 8.26. The fourth-order valence-electron chi connectivity index (χ4n) is 3.74. The highest BCUT2D eigenvalue weighted by Crippen LogP contribution is 2.43. The first-order valence-corrected chi connectivity index (χ1v) is 10.4. The zero-order chi connectivity index (χ0) is 20.8. The molecular weight excluding hydrogens is 376 g/mol. The number of aromatic nitrogens is 3. The van der Waals surface area contributed by atoms with Gasteiger partial charge in [-0.2, -0.15) is 5.10 Å². The Bertz CT molecular complexity index is 1250. The number of fused-ring (bicyclic) bond motifs is 1. The molecule has 5 rings (SSSR count). The fourth-order valence-corrected chi connectivity index (χ4v) is 3.74. The number of rotatable bonds is 5. The number of nitrogens with one attached hydrogen (secondary N) is 1. The van der Waals surface area contributed by atoms with E-state index in [2.05, 4.69) is 28.4 Å². The summed E-state index contributed by atoms with van der Waals surface area (Å²) in [7, 11) is 0. The molecule has 0 atom stereocenters. The van der Waals surface area contributed by atoms with Gasteiger partial charge >= 0.3 is 0 Å². The van der Waals surface area contributed by atoms with E-state index in [1.807, 2.05) is 54.9 Å². The molecule has 1 aliphatic rings. The van der Waals surface area contributed by atoms with Gasteiger partial charge in [-0.25, -0.2) is 9.67 Å². The van der Waals surface area contributed by atoms with Crippen molar-refractivity contribution in [3.05, 3.63) is 71.4 Å². The molecule has 2 aromatic carbocycles. The van der Waals surface area contributed by atoms with Gasteiger partial charge in [-0.3, -0.25) is 4.79 Å². The zero-order valence-electron chi connectivity index (χ0n) is 17.3. The Morgan fingerprint density at radius 1 is 1.20 bits per heavy atom. The maximum absolute atomic E-state index is 13.1. The highest BCUT2D eigenvalue weighted by Gasteiger charge is 2.33. The number of aryl methyl sites for hydroxylation is 1. The fraction of sp³-hybridized carbons (Fsp3) is 0.292. The third-order valence-electron chi connectivity index (χ3n) is 5.51. The second-order valence-corrected chi connectivity index (χ2v) is 8.26. The van der Waals surface area contributed by atoms with Gasteiger partial charge in [0, 0.05) is 17.5 Å². The molecule has 6 heteroatoms. The number of para-hydroxylation sites is 1. The Labute approximate surface area is 174 Å². The van der Waals surface area contributed by atoms with Crippen molar-refractivity contribution in [2.45, 2.75) is 45.4 Å². The number of carbonyl (C=O) groups is 1. The van der Waals surface area contributed by atoms with Crippen LogP contribution in [0.5, 0.6) is 0 Å². The SMILES string of the molecule is Cc1ccccc1-n1ncc(C(=O)Nc2ccc3oc(C(C)C)nc3c2)c1C1CC1. The summed E-state index contributed by atoms with van der Waals surface area (Å²) >= 11 is 0. The van der Waals surface area contributed by atoms with E-state index in [-0.39, 0.29) is 11.8 Å². The van der Waals surface area contributed by atoms with Crippen molar-refractivity contribution in [3.8, 4) is 5.69 Å². The van der Waals surface area contributed by atoms with E-state index in [0.29, 0.717) is 23.1 Å². The van der Waals surface area contributed by atoms with Gasteiger partial charge in [0.2, 0.25) is 0 Å². The predicted octanol–water partition coefficient (Wildman–Crippen LogP) is 5.58. The van der Waals surface area contributed by atoms with Gasteiger partial charge in [-0.15, -0.1) is 0 Å². The van der Waals surface area contributed by atoms with E-state index in [9.17, 15) is 4.79 Å². The molecule has 1 saturated carbocycles. The van der Waals surface area contributed by atoms with Crippen LogP contribution in [0.4, 0.5) is 5.69 Å². The summed E-state index contributed by atoms with van der Waals surface area (Å²) in [5.74, 6) is 1.14. The van der Waals surface area contributed by atoms with Gasteiger partial charge in [0.05, 0.1) is 23.1 Å². The van der Waals surface area contributed by atoms with Crippen LogP contribution in [0.2, 0.25) is 0 Å². The molecule has 2 heterocycles. The van der Waals surface area contributed by atoms with Crippen LogP contribution in [-0.2, 0) is 0 Å². The summed E-state index contributed by atoms with van der Waals surface area (Å²) in [6.07, 6.45) is 3.85. The smallest absolute Gasteiger partial charge is 0.259 e. The normalized spacial score (nSPS) is 13.9. The highest BCUT2D eigenvalue weighted by molar-refractivity contribution is 6.05. The first kappa shape index (κ1) is 18.6. The Kier molecular flexibility index (Phi) is 4.42. The number of carbonyl (C=O) groups excluding carboxylic acids is 1. The summed E-state index contributed by atoms with van der Waals surface area (Å²) in [6.45, 7) is 6.14. The number of anilines is 1. The lowest BCUT2D eigenvalue weighted by atomic mass is 10.1. The van der Waals surface area contributed by atoms with Crippen LogP contribution in [-0.4, -0.2) is 20.7 Å². The van der Waals surface area contributed by atoms with Crippen molar-refractivity contribution < 1.29 is 9.21 Å². The van der Waals surface area contributed by atoms with Gasteiger partial charge in [-0.05, 0) is 49.6 Å². The van der Waals surface area contributed by atoms with Gasteiger partial charge in [-0.1, -0.05) is 32.0 Å². The quantitative estimate of drug-likeness (QED) is 0.475. The monoisotopic (exact) mass is 400 g/mol. The summed E-state index contributed by atoms with van der Waals surface area (Å²) in [4.78, 5) is 17.7. The minimum Gasteiger partial charge on any atom is -0.440 e. The van der Waals surface area contributed by atoms with Crippen LogP contribution in [0.3, 0.4) is 0 Å².